The van der Waals surface area contributed by atoms with E-state index in [-0.39, 0.29) is 12.0 Å². The highest BCUT2D eigenvalue weighted by atomic mass is 16.5. The molecular formula is C14H26N2O3. The Morgan fingerprint density at radius 1 is 1.37 bits per heavy atom. The molecule has 5 nitrogen and oxygen atoms in total. The highest BCUT2D eigenvalue weighted by Gasteiger charge is 2.29. The molecule has 2 aliphatic rings. The Morgan fingerprint density at radius 3 is 2.63 bits per heavy atom. The first-order valence-corrected chi connectivity index (χ1v) is 7.32. The molecule has 0 radical (unpaired) electrons. The van der Waals surface area contributed by atoms with Crippen molar-refractivity contribution in [1.29, 1.82) is 0 Å². The van der Waals surface area contributed by atoms with Crippen LogP contribution < -0.4 is 5.32 Å². The number of rotatable bonds is 7. The van der Waals surface area contributed by atoms with Gasteiger partial charge in [-0.05, 0) is 39.2 Å². The zero-order valence-corrected chi connectivity index (χ0v) is 12.1. The molecule has 0 bridgehead atoms. The van der Waals surface area contributed by atoms with Crippen LogP contribution in [-0.4, -0.2) is 62.9 Å². The molecule has 1 saturated heterocycles. The maximum atomic E-state index is 11.7. The van der Waals surface area contributed by atoms with Gasteiger partial charge in [0, 0.05) is 31.8 Å². The molecule has 1 aliphatic heterocycles. The minimum Gasteiger partial charge on any atom is -0.468 e. The Morgan fingerprint density at radius 2 is 2.05 bits per heavy atom. The summed E-state index contributed by atoms with van der Waals surface area (Å²) < 4.78 is 10.3. The van der Waals surface area contributed by atoms with E-state index in [2.05, 4.69) is 17.3 Å². The van der Waals surface area contributed by atoms with Crippen LogP contribution in [0.3, 0.4) is 0 Å². The maximum Gasteiger partial charge on any atom is 0.322 e. The van der Waals surface area contributed by atoms with E-state index in [4.69, 9.17) is 9.47 Å². The number of carbonyl (C=O) groups is 1. The molecule has 1 atom stereocenters. The predicted molar refractivity (Wildman–Crippen MR) is 73.0 cm³/mol. The summed E-state index contributed by atoms with van der Waals surface area (Å²) in [5.41, 5.74) is 0. The highest BCUT2D eigenvalue weighted by Crippen LogP contribution is 2.20. The van der Waals surface area contributed by atoms with Crippen LogP contribution in [0.25, 0.3) is 0 Å². The first-order chi connectivity index (χ1) is 9.20. The van der Waals surface area contributed by atoms with Gasteiger partial charge in [0.15, 0.2) is 0 Å². The third-order valence-electron chi connectivity index (χ3n) is 4.08. The molecule has 1 saturated carbocycles. The van der Waals surface area contributed by atoms with E-state index in [9.17, 15) is 4.79 Å². The predicted octanol–water partition coefficient (Wildman–Crippen LogP) is 0.781. The van der Waals surface area contributed by atoms with Gasteiger partial charge in [0.2, 0.25) is 0 Å². The molecule has 2 fully saturated rings. The number of nitrogens with zero attached hydrogens (tertiary/aromatic N) is 1. The fourth-order valence-corrected chi connectivity index (χ4v) is 2.59. The number of nitrogens with one attached hydrogen (secondary N) is 1. The van der Waals surface area contributed by atoms with Crippen LogP contribution >= 0.6 is 0 Å². The molecule has 110 valence electrons. The van der Waals surface area contributed by atoms with Gasteiger partial charge >= 0.3 is 5.97 Å². The van der Waals surface area contributed by atoms with Crippen molar-refractivity contribution in [1.82, 2.24) is 10.2 Å². The van der Waals surface area contributed by atoms with Crippen molar-refractivity contribution in [3.8, 4) is 0 Å². The fourth-order valence-electron chi connectivity index (χ4n) is 2.59. The number of carbonyl (C=O) groups excluding carboxylic acids is 1. The summed E-state index contributed by atoms with van der Waals surface area (Å²) in [6.07, 6.45) is 5.37. The molecule has 0 aromatic heterocycles. The highest BCUT2D eigenvalue weighted by molar-refractivity contribution is 5.75. The number of hydrogen-bond acceptors (Lipinski definition) is 5. The lowest BCUT2D eigenvalue weighted by Gasteiger charge is -2.32. The van der Waals surface area contributed by atoms with Gasteiger partial charge in [-0.25, -0.2) is 0 Å². The Kier molecular flexibility index (Phi) is 5.60. The van der Waals surface area contributed by atoms with Gasteiger partial charge < -0.3 is 19.7 Å². The molecular weight excluding hydrogens is 244 g/mol. The van der Waals surface area contributed by atoms with E-state index in [0.29, 0.717) is 12.1 Å². The quantitative estimate of drug-likeness (QED) is 0.693. The summed E-state index contributed by atoms with van der Waals surface area (Å²) in [5, 5.41) is 3.37. The fraction of sp³-hybridized carbons (Fsp3) is 0.929. The van der Waals surface area contributed by atoms with Crippen LogP contribution in [-0.2, 0) is 14.3 Å². The van der Waals surface area contributed by atoms with Gasteiger partial charge in [-0.2, -0.15) is 0 Å². The van der Waals surface area contributed by atoms with Crippen LogP contribution in [0.5, 0.6) is 0 Å². The monoisotopic (exact) mass is 270 g/mol. The third-order valence-corrected chi connectivity index (χ3v) is 4.08. The van der Waals surface area contributed by atoms with Crippen LogP contribution in [0.4, 0.5) is 0 Å². The lowest BCUT2D eigenvalue weighted by atomic mass is 10.1. The van der Waals surface area contributed by atoms with Crippen molar-refractivity contribution in [2.75, 3.05) is 33.9 Å². The summed E-state index contributed by atoms with van der Waals surface area (Å²) in [7, 11) is 3.60. The van der Waals surface area contributed by atoms with E-state index < -0.39 is 0 Å². The minimum atomic E-state index is -0.153. The van der Waals surface area contributed by atoms with Crippen molar-refractivity contribution in [2.24, 2.45) is 0 Å². The van der Waals surface area contributed by atoms with Gasteiger partial charge in [-0.15, -0.1) is 0 Å². The number of esters is 1. The number of ether oxygens (including phenoxy) is 2. The zero-order chi connectivity index (χ0) is 13.7. The summed E-state index contributed by atoms with van der Waals surface area (Å²) in [6, 6.07) is 0.963. The maximum absolute atomic E-state index is 11.7. The summed E-state index contributed by atoms with van der Waals surface area (Å²) in [4.78, 5) is 14.1. The van der Waals surface area contributed by atoms with Crippen molar-refractivity contribution >= 4 is 5.97 Å². The van der Waals surface area contributed by atoms with Crippen molar-refractivity contribution in [3.05, 3.63) is 0 Å². The third kappa shape index (κ3) is 4.75. The molecule has 1 unspecified atom stereocenters. The van der Waals surface area contributed by atoms with Crippen LogP contribution in [0, 0.1) is 0 Å². The first-order valence-electron chi connectivity index (χ1n) is 7.32. The van der Waals surface area contributed by atoms with Crippen LogP contribution in [0.2, 0.25) is 0 Å². The van der Waals surface area contributed by atoms with Crippen LogP contribution in [0.1, 0.15) is 32.1 Å². The lowest BCUT2D eigenvalue weighted by Crippen LogP contribution is -2.43. The smallest absolute Gasteiger partial charge is 0.322 e. The Balaban J connectivity index is 1.74. The Hall–Kier alpha value is -0.650. The van der Waals surface area contributed by atoms with Gasteiger partial charge in [0.05, 0.1) is 7.11 Å². The Bertz CT molecular complexity index is 288. The average Bonchev–Trinajstić information content (AvgIpc) is 3.27. The van der Waals surface area contributed by atoms with Gasteiger partial charge in [-0.3, -0.25) is 4.79 Å². The summed E-state index contributed by atoms with van der Waals surface area (Å²) in [6.45, 7) is 2.63. The molecule has 19 heavy (non-hydrogen) atoms. The first kappa shape index (κ1) is 14.8. The van der Waals surface area contributed by atoms with Gasteiger partial charge in [-0.1, -0.05) is 0 Å². The summed E-state index contributed by atoms with van der Waals surface area (Å²) >= 11 is 0. The second-order valence-electron chi connectivity index (χ2n) is 5.63. The van der Waals surface area contributed by atoms with Crippen molar-refractivity contribution < 1.29 is 14.3 Å². The lowest BCUT2D eigenvalue weighted by molar-refractivity contribution is -0.143. The largest absolute Gasteiger partial charge is 0.468 e. The average molecular weight is 270 g/mol. The van der Waals surface area contributed by atoms with E-state index in [1.807, 2.05) is 0 Å². The van der Waals surface area contributed by atoms with E-state index >= 15 is 0 Å². The Labute approximate surface area is 115 Å². The molecule has 0 amide bonds. The van der Waals surface area contributed by atoms with Crippen molar-refractivity contribution in [2.45, 2.75) is 50.2 Å². The normalized spacial score (nSPS) is 22.5. The summed E-state index contributed by atoms with van der Waals surface area (Å²) in [5.74, 6) is -0.132. The molecule has 0 aromatic carbocycles. The van der Waals surface area contributed by atoms with Crippen molar-refractivity contribution in [3.63, 3.8) is 0 Å². The molecule has 0 spiro atoms. The van der Waals surface area contributed by atoms with Gasteiger partial charge in [0.1, 0.15) is 6.04 Å². The topological polar surface area (TPSA) is 50.8 Å². The minimum absolute atomic E-state index is 0.132. The molecule has 1 N–H and O–H groups in total. The van der Waals surface area contributed by atoms with E-state index in [1.165, 1.54) is 20.0 Å². The zero-order valence-electron chi connectivity index (χ0n) is 12.1. The molecule has 5 heteroatoms. The number of hydrogen-bond donors (Lipinski definition) is 1. The number of methoxy groups -OCH3 is 1. The van der Waals surface area contributed by atoms with E-state index in [0.717, 1.165) is 39.0 Å². The molecule has 1 aliphatic carbocycles. The molecule has 2 rings (SSSR count). The standard InChI is InChI=1S/C14H26N2O3/c1-16(12-6-9-19-10-7-12)8-5-13(14(17)18-2)15-11-3-4-11/h11-13,15H,3-10H2,1-2H3. The SMILES string of the molecule is COC(=O)C(CCN(C)C1CCOCC1)NC1CC1. The molecule has 0 aromatic rings. The van der Waals surface area contributed by atoms with Crippen LogP contribution in [0.15, 0.2) is 0 Å². The van der Waals surface area contributed by atoms with E-state index in [1.54, 1.807) is 0 Å². The second-order valence-corrected chi connectivity index (χ2v) is 5.63. The second kappa shape index (κ2) is 7.22. The molecule has 1 heterocycles. The van der Waals surface area contributed by atoms with Gasteiger partial charge in [0.25, 0.3) is 0 Å².